The van der Waals surface area contributed by atoms with Gasteiger partial charge in [0.25, 0.3) is 0 Å². The van der Waals surface area contributed by atoms with Gasteiger partial charge in [0.1, 0.15) is 17.7 Å². The van der Waals surface area contributed by atoms with Gasteiger partial charge in [-0.3, -0.25) is 0 Å². The average molecular weight is 271 g/mol. The van der Waals surface area contributed by atoms with Crippen molar-refractivity contribution < 1.29 is 9.13 Å². The molecule has 1 aliphatic rings. The molecule has 0 aromatic heterocycles. The highest BCUT2D eigenvalue weighted by Crippen LogP contribution is 2.33. The summed E-state index contributed by atoms with van der Waals surface area (Å²) in [6.07, 6.45) is 3.04. The number of benzene rings is 1. The second kappa shape index (κ2) is 5.92. The highest BCUT2D eigenvalue weighted by molar-refractivity contribution is 6.18. The van der Waals surface area contributed by atoms with Crippen molar-refractivity contribution in [2.24, 2.45) is 11.8 Å². The molecule has 3 heteroatoms. The summed E-state index contributed by atoms with van der Waals surface area (Å²) in [7, 11) is 0. The molecule has 0 amide bonds. The van der Waals surface area contributed by atoms with E-state index in [1.165, 1.54) is 6.07 Å². The maximum Gasteiger partial charge on any atom is 0.123 e. The predicted molar refractivity (Wildman–Crippen MR) is 72.8 cm³/mol. The first kappa shape index (κ1) is 13.7. The van der Waals surface area contributed by atoms with Gasteiger partial charge < -0.3 is 4.74 Å². The predicted octanol–water partition coefficient (Wildman–Crippen LogP) is 4.42. The summed E-state index contributed by atoms with van der Waals surface area (Å²) in [6.45, 7) is 4.42. The molecule has 1 aromatic carbocycles. The van der Waals surface area contributed by atoms with E-state index < -0.39 is 0 Å². The first-order valence-electron chi connectivity index (χ1n) is 6.59. The Balaban J connectivity index is 1.94. The number of halogens is 2. The molecule has 0 fully saturated rings. The van der Waals surface area contributed by atoms with Gasteiger partial charge in [-0.1, -0.05) is 13.8 Å². The third-order valence-electron chi connectivity index (χ3n) is 3.38. The lowest BCUT2D eigenvalue weighted by Crippen LogP contribution is -2.20. The van der Waals surface area contributed by atoms with Gasteiger partial charge in [-0.25, -0.2) is 4.39 Å². The van der Waals surface area contributed by atoms with Gasteiger partial charge in [-0.15, -0.1) is 11.6 Å². The zero-order valence-corrected chi connectivity index (χ0v) is 11.7. The minimum atomic E-state index is -0.186. The SMILES string of the molecule is CC(C)CC(CCl)CC1Cc2cc(F)ccc2O1. The maximum absolute atomic E-state index is 13.1. The molecule has 0 saturated heterocycles. The van der Waals surface area contributed by atoms with E-state index in [4.69, 9.17) is 16.3 Å². The van der Waals surface area contributed by atoms with E-state index in [1.54, 1.807) is 12.1 Å². The van der Waals surface area contributed by atoms with Gasteiger partial charge >= 0.3 is 0 Å². The Bertz CT molecular complexity index is 405. The number of hydrogen-bond donors (Lipinski definition) is 0. The lowest BCUT2D eigenvalue weighted by atomic mass is 9.92. The quantitative estimate of drug-likeness (QED) is 0.720. The van der Waals surface area contributed by atoms with Crippen LogP contribution in [0.4, 0.5) is 4.39 Å². The fraction of sp³-hybridized carbons (Fsp3) is 0.600. The van der Waals surface area contributed by atoms with Gasteiger partial charge in [0.05, 0.1) is 0 Å². The molecule has 2 rings (SSSR count). The van der Waals surface area contributed by atoms with Gasteiger partial charge in [0.2, 0.25) is 0 Å². The number of alkyl halides is 1. The minimum Gasteiger partial charge on any atom is -0.490 e. The van der Waals surface area contributed by atoms with E-state index >= 15 is 0 Å². The summed E-state index contributed by atoms with van der Waals surface area (Å²) < 4.78 is 19.0. The molecule has 1 aromatic rings. The Kier molecular flexibility index (Phi) is 4.50. The van der Waals surface area contributed by atoms with Crippen LogP contribution in [0.3, 0.4) is 0 Å². The Labute approximate surface area is 113 Å². The summed E-state index contributed by atoms with van der Waals surface area (Å²) in [5.74, 6) is 2.45. The van der Waals surface area contributed by atoms with Crippen LogP contribution in [0, 0.1) is 17.7 Å². The van der Waals surface area contributed by atoms with E-state index in [9.17, 15) is 4.39 Å². The third-order valence-corrected chi connectivity index (χ3v) is 3.82. The van der Waals surface area contributed by atoms with Crippen molar-refractivity contribution in [2.75, 3.05) is 5.88 Å². The largest absolute Gasteiger partial charge is 0.490 e. The first-order valence-corrected chi connectivity index (χ1v) is 7.13. The first-order chi connectivity index (χ1) is 8.58. The monoisotopic (exact) mass is 270 g/mol. The molecule has 2 atom stereocenters. The summed E-state index contributed by atoms with van der Waals surface area (Å²) in [5.41, 5.74) is 0.984. The second-order valence-electron chi connectivity index (χ2n) is 5.58. The highest BCUT2D eigenvalue weighted by Gasteiger charge is 2.26. The number of fused-ring (bicyclic) bond motifs is 1. The molecule has 1 nitrogen and oxygen atoms in total. The Morgan fingerprint density at radius 1 is 1.44 bits per heavy atom. The summed E-state index contributed by atoms with van der Waals surface area (Å²) >= 11 is 6.01. The number of ether oxygens (including phenoxy) is 1. The van der Waals surface area contributed by atoms with E-state index in [0.29, 0.717) is 17.7 Å². The normalized spacial score (nSPS) is 19.7. The number of rotatable bonds is 5. The van der Waals surface area contributed by atoms with Gasteiger partial charge in [0.15, 0.2) is 0 Å². The van der Waals surface area contributed by atoms with E-state index in [1.807, 2.05) is 0 Å². The minimum absolute atomic E-state index is 0.157. The molecule has 18 heavy (non-hydrogen) atoms. The van der Waals surface area contributed by atoms with Crippen LogP contribution < -0.4 is 4.74 Å². The molecular weight excluding hydrogens is 251 g/mol. The lowest BCUT2D eigenvalue weighted by Gasteiger charge is -2.20. The fourth-order valence-electron chi connectivity index (χ4n) is 2.68. The standard InChI is InChI=1S/C15H20ClFO/c1-10(2)5-11(9-16)6-14-8-12-7-13(17)3-4-15(12)18-14/h3-4,7,10-11,14H,5-6,8-9H2,1-2H3. The van der Waals surface area contributed by atoms with E-state index in [-0.39, 0.29) is 11.9 Å². The Morgan fingerprint density at radius 2 is 2.22 bits per heavy atom. The van der Waals surface area contributed by atoms with Crippen molar-refractivity contribution in [2.45, 2.75) is 39.2 Å². The van der Waals surface area contributed by atoms with Gasteiger partial charge in [-0.2, -0.15) is 0 Å². The van der Waals surface area contributed by atoms with E-state index in [2.05, 4.69) is 13.8 Å². The van der Waals surface area contributed by atoms with Crippen LogP contribution in [0.25, 0.3) is 0 Å². The van der Waals surface area contributed by atoms with Crippen molar-refractivity contribution in [3.63, 3.8) is 0 Å². The molecule has 0 bridgehead atoms. The van der Waals surface area contributed by atoms with Crippen molar-refractivity contribution in [3.8, 4) is 5.75 Å². The van der Waals surface area contributed by atoms with Gasteiger partial charge in [0, 0.05) is 17.9 Å². The number of hydrogen-bond acceptors (Lipinski definition) is 1. The second-order valence-corrected chi connectivity index (χ2v) is 5.89. The molecule has 0 radical (unpaired) electrons. The molecular formula is C15H20ClFO. The molecule has 0 aliphatic carbocycles. The smallest absolute Gasteiger partial charge is 0.123 e. The molecule has 1 heterocycles. The van der Waals surface area contributed by atoms with Gasteiger partial charge in [-0.05, 0) is 42.9 Å². The van der Waals surface area contributed by atoms with E-state index in [0.717, 1.165) is 30.6 Å². The zero-order chi connectivity index (χ0) is 13.1. The Morgan fingerprint density at radius 3 is 2.89 bits per heavy atom. The van der Waals surface area contributed by atoms with Crippen LogP contribution in [0.2, 0.25) is 0 Å². The average Bonchev–Trinajstić information content (AvgIpc) is 2.68. The fourth-order valence-corrected chi connectivity index (χ4v) is 2.93. The molecule has 1 aliphatic heterocycles. The zero-order valence-electron chi connectivity index (χ0n) is 11.0. The molecule has 0 saturated carbocycles. The van der Waals surface area contributed by atoms with Crippen LogP contribution in [-0.2, 0) is 6.42 Å². The topological polar surface area (TPSA) is 9.23 Å². The van der Waals surface area contributed by atoms with Crippen molar-refractivity contribution in [1.29, 1.82) is 0 Å². The molecule has 0 N–H and O–H groups in total. The molecule has 2 unspecified atom stereocenters. The van der Waals surface area contributed by atoms with Crippen molar-refractivity contribution in [1.82, 2.24) is 0 Å². The molecule has 0 spiro atoms. The molecule has 100 valence electrons. The highest BCUT2D eigenvalue weighted by atomic mass is 35.5. The Hall–Kier alpha value is -0.760. The van der Waals surface area contributed by atoms with Crippen LogP contribution >= 0.6 is 11.6 Å². The van der Waals surface area contributed by atoms with Crippen LogP contribution in [-0.4, -0.2) is 12.0 Å². The summed E-state index contributed by atoms with van der Waals surface area (Å²) in [5, 5.41) is 0. The third kappa shape index (κ3) is 3.38. The van der Waals surface area contributed by atoms with Crippen LogP contribution in [0.5, 0.6) is 5.75 Å². The van der Waals surface area contributed by atoms with Crippen LogP contribution in [0.15, 0.2) is 18.2 Å². The summed E-state index contributed by atoms with van der Waals surface area (Å²) in [4.78, 5) is 0. The summed E-state index contributed by atoms with van der Waals surface area (Å²) in [6, 6.07) is 4.75. The van der Waals surface area contributed by atoms with Crippen molar-refractivity contribution in [3.05, 3.63) is 29.6 Å². The van der Waals surface area contributed by atoms with Crippen LogP contribution in [0.1, 0.15) is 32.3 Å². The lowest BCUT2D eigenvalue weighted by molar-refractivity contribution is 0.191. The van der Waals surface area contributed by atoms with Crippen molar-refractivity contribution >= 4 is 11.6 Å². The maximum atomic E-state index is 13.1.